The van der Waals surface area contributed by atoms with E-state index in [-0.39, 0.29) is 0 Å². The lowest BCUT2D eigenvalue weighted by atomic mass is 10.2. The molecule has 1 aromatic rings. The third-order valence-corrected chi connectivity index (χ3v) is 1.79. The van der Waals surface area contributed by atoms with Gasteiger partial charge in [-0.25, -0.2) is 0 Å². The molecule has 0 bridgehead atoms. The fourth-order valence-electron chi connectivity index (χ4n) is 0.806. The first-order valence-electron chi connectivity index (χ1n) is 3.75. The lowest BCUT2D eigenvalue weighted by molar-refractivity contribution is 0.363. The molecule has 0 aliphatic rings. The number of nitriles is 1. The third-order valence-electron chi connectivity index (χ3n) is 1.42. The van der Waals surface area contributed by atoms with Crippen LogP contribution in [0.15, 0.2) is 35.3 Å². The van der Waals surface area contributed by atoms with Gasteiger partial charge in [0.05, 0.1) is 11.6 Å². The molecule has 1 rings (SSSR count). The molecule has 2 nitrogen and oxygen atoms in total. The van der Waals surface area contributed by atoms with Crippen molar-refractivity contribution in [3.63, 3.8) is 0 Å². The Kier molecular flexibility index (Phi) is 4.07. The van der Waals surface area contributed by atoms with Crippen molar-refractivity contribution in [2.24, 2.45) is 0 Å². The van der Waals surface area contributed by atoms with Crippen LogP contribution in [-0.4, -0.2) is 6.61 Å². The standard InChI is InChI=1S/C10H8BrNO/c11-6-1-7-13-10-4-2-9(8-12)3-5-10/h1-6H,7H2/b6-1-. The smallest absolute Gasteiger partial charge is 0.119 e. The van der Waals surface area contributed by atoms with E-state index in [1.807, 2.05) is 12.1 Å². The van der Waals surface area contributed by atoms with Crippen molar-refractivity contribution < 1.29 is 4.74 Å². The highest BCUT2D eigenvalue weighted by molar-refractivity contribution is 9.11. The zero-order chi connectivity index (χ0) is 9.52. The second-order valence-corrected chi connectivity index (χ2v) is 2.84. The maximum atomic E-state index is 8.53. The molecule has 0 aromatic heterocycles. The van der Waals surface area contributed by atoms with Crippen LogP contribution in [0.25, 0.3) is 0 Å². The maximum absolute atomic E-state index is 8.53. The molecular formula is C10H8BrNO. The van der Waals surface area contributed by atoms with Gasteiger partial charge in [0.25, 0.3) is 0 Å². The van der Waals surface area contributed by atoms with Crippen LogP contribution in [-0.2, 0) is 0 Å². The van der Waals surface area contributed by atoms with Crippen molar-refractivity contribution in [3.05, 3.63) is 40.9 Å². The van der Waals surface area contributed by atoms with E-state index in [1.54, 1.807) is 29.3 Å². The van der Waals surface area contributed by atoms with Crippen LogP contribution in [0.4, 0.5) is 0 Å². The highest BCUT2D eigenvalue weighted by atomic mass is 79.9. The normalized spacial score (nSPS) is 9.85. The number of hydrogen-bond donors (Lipinski definition) is 0. The van der Waals surface area contributed by atoms with Crippen LogP contribution >= 0.6 is 15.9 Å². The van der Waals surface area contributed by atoms with Crippen molar-refractivity contribution in [2.45, 2.75) is 0 Å². The summed E-state index contributed by atoms with van der Waals surface area (Å²) in [6.45, 7) is 0.525. The van der Waals surface area contributed by atoms with E-state index in [0.29, 0.717) is 12.2 Å². The van der Waals surface area contributed by atoms with Gasteiger partial charge in [0.2, 0.25) is 0 Å². The van der Waals surface area contributed by atoms with Gasteiger partial charge in [-0.1, -0.05) is 15.9 Å². The molecule has 13 heavy (non-hydrogen) atoms. The topological polar surface area (TPSA) is 33.0 Å². The Morgan fingerprint density at radius 3 is 2.62 bits per heavy atom. The molecule has 0 unspecified atom stereocenters. The molecule has 0 amide bonds. The monoisotopic (exact) mass is 237 g/mol. The van der Waals surface area contributed by atoms with E-state index < -0.39 is 0 Å². The Hall–Kier alpha value is -1.27. The molecule has 0 saturated carbocycles. The fraction of sp³-hybridized carbons (Fsp3) is 0.100. The van der Waals surface area contributed by atoms with Gasteiger partial charge in [-0.3, -0.25) is 0 Å². The van der Waals surface area contributed by atoms with Crippen molar-refractivity contribution in [1.82, 2.24) is 0 Å². The van der Waals surface area contributed by atoms with E-state index in [1.165, 1.54) is 0 Å². The Balaban J connectivity index is 2.55. The summed E-state index contributed by atoms with van der Waals surface area (Å²) >= 11 is 3.14. The van der Waals surface area contributed by atoms with E-state index >= 15 is 0 Å². The Bertz CT molecular complexity index is 324. The molecular weight excluding hydrogens is 230 g/mol. The van der Waals surface area contributed by atoms with Gasteiger partial charge in [0, 0.05) is 0 Å². The van der Waals surface area contributed by atoms with Crippen LogP contribution in [0, 0.1) is 11.3 Å². The summed E-state index contributed by atoms with van der Waals surface area (Å²) in [5.41, 5.74) is 0.642. The lowest BCUT2D eigenvalue weighted by Crippen LogP contribution is -1.92. The minimum atomic E-state index is 0.525. The molecule has 0 saturated heterocycles. The van der Waals surface area contributed by atoms with Crippen molar-refractivity contribution in [3.8, 4) is 11.8 Å². The van der Waals surface area contributed by atoms with E-state index in [9.17, 15) is 0 Å². The SMILES string of the molecule is N#Cc1ccc(OC/C=C\Br)cc1. The molecule has 0 heterocycles. The van der Waals surface area contributed by atoms with Gasteiger partial charge in [0.1, 0.15) is 12.4 Å². The van der Waals surface area contributed by atoms with E-state index in [0.717, 1.165) is 5.75 Å². The predicted molar refractivity (Wildman–Crippen MR) is 54.7 cm³/mol. The van der Waals surface area contributed by atoms with Gasteiger partial charge >= 0.3 is 0 Å². The summed E-state index contributed by atoms with van der Waals surface area (Å²) < 4.78 is 5.32. The van der Waals surface area contributed by atoms with Crippen LogP contribution in [0.2, 0.25) is 0 Å². The third kappa shape index (κ3) is 3.30. The molecule has 0 radical (unpaired) electrons. The molecule has 0 atom stereocenters. The molecule has 66 valence electrons. The predicted octanol–water partition coefficient (Wildman–Crippen LogP) is 2.85. The first kappa shape index (κ1) is 9.82. The molecule has 1 aromatic carbocycles. The summed E-state index contributed by atoms with van der Waals surface area (Å²) in [6, 6.07) is 9.06. The average molecular weight is 238 g/mol. The Morgan fingerprint density at radius 2 is 2.08 bits per heavy atom. The molecule has 3 heteroatoms. The first-order valence-corrected chi connectivity index (χ1v) is 4.66. The van der Waals surface area contributed by atoms with Crippen molar-refractivity contribution in [2.75, 3.05) is 6.61 Å². The highest BCUT2D eigenvalue weighted by Gasteiger charge is 1.91. The molecule has 0 N–H and O–H groups in total. The highest BCUT2D eigenvalue weighted by Crippen LogP contribution is 2.11. The number of hydrogen-bond acceptors (Lipinski definition) is 2. The number of rotatable bonds is 3. The van der Waals surface area contributed by atoms with Crippen molar-refractivity contribution in [1.29, 1.82) is 5.26 Å². The van der Waals surface area contributed by atoms with E-state index in [2.05, 4.69) is 15.9 Å². The minimum absolute atomic E-state index is 0.525. The largest absolute Gasteiger partial charge is 0.490 e. The van der Waals surface area contributed by atoms with Crippen LogP contribution in [0.1, 0.15) is 5.56 Å². The second kappa shape index (κ2) is 5.39. The minimum Gasteiger partial charge on any atom is -0.490 e. The lowest BCUT2D eigenvalue weighted by Gasteiger charge is -2.01. The number of halogens is 1. The summed E-state index contributed by atoms with van der Waals surface area (Å²) in [4.78, 5) is 1.75. The van der Waals surface area contributed by atoms with Crippen LogP contribution in [0.5, 0.6) is 5.75 Å². The number of benzene rings is 1. The van der Waals surface area contributed by atoms with E-state index in [4.69, 9.17) is 10.00 Å². The molecule has 0 spiro atoms. The second-order valence-electron chi connectivity index (χ2n) is 2.31. The maximum Gasteiger partial charge on any atom is 0.119 e. The Labute approximate surface area is 85.6 Å². The summed E-state index contributed by atoms with van der Waals surface area (Å²) in [5, 5.41) is 8.53. The summed E-state index contributed by atoms with van der Waals surface area (Å²) in [5.74, 6) is 0.768. The van der Waals surface area contributed by atoms with Gasteiger partial charge < -0.3 is 4.74 Å². The van der Waals surface area contributed by atoms with Crippen molar-refractivity contribution >= 4 is 15.9 Å². The van der Waals surface area contributed by atoms with Gasteiger partial charge in [0.15, 0.2) is 0 Å². The molecule has 0 aliphatic heterocycles. The molecule has 0 fully saturated rings. The van der Waals surface area contributed by atoms with Gasteiger partial charge in [-0.15, -0.1) is 0 Å². The molecule has 0 aliphatic carbocycles. The fourth-order valence-corrected chi connectivity index (χ4v) is 0.959. The van der Waals surface area contributed by atoms with Crippen LogP contribution < -0.4 is 4.74 Å². The van der Waals surface area contributed by atoms with Crippen LogP contribution in [0.3, 0.4) is 0 Å². The average Bonchev–Trinajstić information content (AvgIpc) is 2.19. The zero-order valence-corrected chi connectivity index (χ0v) is 8.49. The number of ether oxygens (including phenoxy) is 1. The quantitative estimate of drug-likeness (QED) is 0.811. The van der Waals surface area contributed by atoms with Gasteiger partial charge in [-0.2, -0.15) is 5.26 Å². The summed E-state index contributed by atoms with van der Waals surface area (Å²) in [7, 11) is 0. The Morgan fingerprint density at radius 1 is 1.38 bits per heavy atom. The first-order chi connectivity index (χ1) is 6.36. The van der Waals surface area contributed by atoms with Gasteiger partial charge in [-0.05, 0) is 35.3 Å². The number of nitrogens with zero attached hydrogens (tertiary/aromatic N) is 1. The zero-order valence-electron chi connectivity index (χ0n) is 6.90. The summed E-state index contributed by atoms with van der Waals surface area (Å²) in [6.07, 6.45) is 1.85.